The summed E-state index contributed by atoms with van der Waals surface area (Å²) >= 11 is 0. The average molecular weight is 689 g/mol. The van der Waals surface area contributed by atoms with Gasteiger partial charge in [0.2, 0.25) is 11.6 Å². The van der Waals surface area contributed by atoms with Crippen LogP contribution in [0.4, 0.5) is 11.4 Å². The van der Waals surface area contributed by atoms with E-state index in [-0.39, 0.29) is 28.6 Å². The minimum absolute atomic E-state index is 0.0425. The summed E-state index contributed by atoms with van der Waals surface area (Å²) in [5.74, 6) is -0.255. The number of allylic oxidation sites excluding steroid dienone is 6. The van der Waals surface area contributed by atoms with E-state index in [0.29, 0.717) is 32.6 Å². The number of amides is 3. The molecule has 1 saturated heterocycles. The van der Waals surface area contributed by atoms with E-state index in [4.69, 9.17) is 0 Å². The molecule has 0 radical (unpaired) electrons. The summed E-state index contributed by atoms with van der Waals surface area (Å²) in [6, 6.07) is 17.5. The smallest absolute Gasteiger partial charge is 0.253 e. The lowest BCUT2D eigenvalue weighted by atomic mass is 9.81. The molecule has 1 fully saturated rings. The molecule has 6 rings (SSSR count). The molecule has 2 aromatic carbocycles. The van der Waals surface area contributed by atoms with Gasteiger partial charge in [0.1, 0.15) is 6.54 Å². The lowest BCUT2D eigenvalue weighted by Gasteiger charge is -2.35. The Hall–Kier alpha value is -4.56. The van der Waals surface area contributed by atoms with Gasteiger partial charge in [-0.15, -0.1) is 0 Å². The zero-order valence-corrected chi connectivity index (χ0v) is 31.1. The van der Waals surface area contributed by atoms with Crippen LogP contribution in [0.3, 0.4) is 0 Å². The molecule has 0 N–H and O–H groups in total. The number of rotatable bonds is 13. The van der Waals surface area contributed by atoms with Crippen molar-refractivity contribution in [3.63, 3.8) is 0 Å². The molecule has 268 valence electrons. The molecule has 2 aromatic rings. The molecule has 0 atom stereocenters. The number of carbonyl (C=O) groups excluding carboxylic acids is 3. The first-order chi connectivity index (χ1) is 24.5. The van der Waals surface area contributed by atoms with E-state index in [9.17, 15) is 14.4 Å². The Bertz CT molecular complexity index is 1790. The molecule has 8 nitrogen and oxygen atoms in total. The number of anilines is 1. The van der Waals surface area contributed by atoms with E-state index >= 15 is 0 Å². The largest absolute Gasteiger partial charge is 0.344 e. The second-order valence-electron chi connectivity index (χ2n) is 15.1. The fourth-order valence-electron chi connectivity index (χ4n) is 8.22. The van der Waals surface area contributed by atoms with Gasteiger partial charge in [-0.25, -0.2) is 0 Å². The van der Waals surface area contributed by atoms with Crippen LogP contribution in [0.25, 0.3) is 0 Å². The Labute approximate surface area is 304 Å². The molecule has 0 bridgehead atoms. The summed E-state index contributed by atoms with van der Waals surface area (Å²) in [5.41, 5.74) is 7.79. The van der Waals surface area contributed by atoms with Crippen LogP contribution in [0.1, 0.15) is 71.4 Å². The molecular weight excluding hydrogens is 635 g/mol. The number of fused-ring (bicyclic) bond motifs is 2. The number of carbonyl (C=O) groups is 3. The first-order valence-electron chi connectivity index (χ1n) is 18.7. The van der Waals surface area contributed by atoms with Gasteiger partial charge in [0.15, 0.2) is 5.71 Å². The van der Waals surface area contributed by atoms with Crippen LogP contribution in [-0.2, 0) is 25.2 Å². The van der Waals surface area contributed by atoms with Crippen LogP contribution < -0.4 is 4.90 Å². The molecule has 4 aliphatic heterocycles. The average Bonchev–Trinajstić information content (AvgIpc) is 3.65. The minimum atomic E-state index is -0.239. The van der Waals surface area contributed by atoms with E-state index in [1.54, 1.807) is 0 Å². The van der Waals surface area contributed by atoms with Crippen molar-refractivity contribution >= 4 is 34.8 Å². The van der Waals surface area contributed by atoms with Gasteiger partial charge in [0, 0.05) is 105 Å². The highest BCUT2D eigenvalue weighted by Crippen LogP contribution is 2.47. The monoisotopic (exact) mass is 688 g/mol. The third-order valence-electron chi connectivity index (χ3n) is 11.2. The zero-order chi connectivity index (χ0) is 36.2. The maximum atomic E-state index is 13.0. The van der Waals surface area contributed by atoms with Crippen LogP contribution in [0.5, 0.6) is 0 Å². The van der Waals surface area contributed by atoms with E-state index in [1.807, 2.05) is 4.90 Å². The number of hydrogen-bond donors (Lipinski definition) is 0. The van der Waals surface area contributed by atoms with Gasteiger partial charge in [0.25, 0.3) is 11.8 Å². The molecule has 0 saturated carbocycles. The SMILES string of the molecule is CCN1/C(=C/C=C/C=C/C2=[N+](CCCCCC(=O)N3CCN(CCN4C(=O)C=CC4=O)CC3)c3ccccc3C2(C)C)C(C)(C)c2ccccc21. The number of piperazine rings is 1. The minimum Gasteiger partial charge on any atom is -0.344 e. The summed E-state index contributed by atoms with van der Waals surface area (Å²) < 4.78 is 2.48. The van der Waals surface area contributed by atoms with Crippen LogP contribution in [0, 0.1) is 0 Å². The second kappa shape index (κ2) is 15.4. The first kappa shape index (κ1) is 36.2. The second-order valence-corrected chi connectivity index (χ2v) is 15.1. The van der Waals surface area contributed by atoms with Crippen molar-refractivity contribution in [1.29, 1.82) is 0 Å². The number of likely N-dealkylation sites (N-methyl/N-ethyl adjacent to an activating group) is 1. The van der Waals surface area contributed by atoms with E-state index in [0.717, 1.165) is 45.4 Å². The molecular formula is C43H54N5O3+. The number of para-hydroxylation sites is 2. The molecule has 51 heavy (non-hydrogen) atoms. The number of nitrogens with zero attached hydrogens (tertiary/aromatic N) is 5. The molecule has 0 spiro atoms. The highest BCUT2D eigenvalue weighted by molar-refractivity contribution is 6.12. The van der Waals surface area contributed by atoms with Gasteiger partial charge in [-0.3, -0.25) is 24.2 Å². The maximum absolute atomic E-state index is 13.0. The Kier molecular flexibility index (Phi) is 10.9. The van der Waals surface area contributed by atoms with E-state index < -0.39 is 0 Å². The summed E-state index contributed by atoms with van der Waals surface area (Å²) in [7, 11) is 0. The van der Waals surface area contributed by atoms with Crippen molar-refractivity contribution in [2.75, 3.05) is 57.3 Å². The number of imide groups is 1. The highest BCUT2D eigenvalue weighted by atomic mass is 16.2. The van der Waals surface area contributed by atoms with Gasteiger partial charge < -0.3 is 9.80 Å². The molecule has 0 aliphatic carbocycles. The van der Waals surface area contributed by atoms with Crippen LogP contribution in [0.2, 0.25) is 0 Å². The fraction of sp³-hybridized carbons (Fsp3) is 0.442. The topological polar surface area (TPSA) is 67.2 Å². The standard InChI is InChI=1S/C43H54N5O3/c1-6-46-35-19-14-12-17-33(35)42(2,3)37(46)21-9-7-10-22-38-43(4,5)34-18-13-15-20-36(34)47(38)26-16-8-11-23-39(49)45-30-27-44(28-31-45)29-32-48-40(50)24-25-41(48)51/h7,9-10,12-15,17-22,24-25H,6,8,11,16,23,26-32H2,1-5H3/q+1. The summed E-state index contributed by atoms with van der Waals surface area (Å²) in [5, 5.41) is 0. The highest BCUT2D eigenvalue weighted by Gasteiger charge is 2.44. The van der Waals surface area contributed by atoms with E-state index in [2.05, 4.69) is 128 Å². The van der Waals surface area contributed by atoms with Crippen molar-refractivity contribution in [1.82, 2.24) is 14.7 Å². The Balaban J connectivity index is 1.02. The van der Waals surface area contributed by atoms with Gasteiger partial charge in [0.05, 0.1) is 5.41 Å². The Morgan fingerprint density at radius 2 is 1.45 bits per heavy atom. The Morgan fingerprint density at radius 3 is 2.18 bits per heavy atom. The van der Waals surface area contributed by atoms with Crippen molar-refractivity contribution in [2.45, 2.75) is 71.1 Å². The van der Waals surface area contributed by atoms with Gasteiger partial charge in [-0.1, -0.05) is 68.5 Å². The molecule has 8 heteroatoms. The summed E-state index contributed by atoms with van der Waals surface area (Å²) in [4.78, 5) is 44.6. The van der Waals surface area contributed by atoms with Gasteiger partial charge in [-0.05, 0) is 51.3 Å². The third-order valence-corrected chi connectivity index (χ3v) is 11.2. The Morgan fingerprint density at radius 1 is 0.765 bits per heavy atom. The number of hydrogen-bond acceptors (Lipinski definition) is 5. The third kappa shape index (κ3) is 7.43. The van der Waals surface area contributed by atoms with Crippen molar-refractivity contribution in [3.05, 3.63) is 108 Å². The molecule has 0 aromatic heterocycles. The van der Waals surface area contributed by atoms with E-state index in [1.165, 1.54) is 51.0 Å². The maximum Gasteiger partial charge on any atom is 0.253 e. The normalized spacial score (nSPS) is 20.6. The van der Waals surface area contributed by atoms with Gasteiger partial charge >= 0.3 is 0 Å². The zero-order valence-electron chi connectivity index (χ0n) is 31.1. The molecule has 3 amide bonds. The lowest BCUT2D eigenvalue weighted by molar-refractivity contribution is -0.438. The number of unbranched alkanes of at least 4 members (excludes halogenated alkanes) is 2. The summed E-state index contributed by atoms with van der Waals surface area (Å²) in [6.07, 6.45) is 17.2. The van der Waals surface area contributed by atoms with Crippen molar-refractivity contribution in [2.24, 2.45) is 0 Å². The molecule has 0 unspecified atom stereocenters. The van der Waals surface area contributed by atoms with Gasteiger partial charge in [-0.2, -0.15) is 4.58 Å². The first-order valence-corrected chi connectivity index (χ1v) is 18.7. The quantitative estimate of drug-likeness (QED) is 0.104. The predicted octanol–water partition coefficient (Wildman–Crippen LogP) is 6.51. The van der Waals surface area contributed by atoms with Crippen molar-refractivity contribution < 1.29 is 19.0 Å². The van der Waals surface area contributed by atoms with Crippen LogP contribution >= 0.6 is 0 Å². The molecule has 4 heterocycles. The van der Waals surface area contributed by atoms with Crippen molar-refractivity contribution in [3.8, 4) is 0 Å². The van der Waals surface area contributed by atoms with Crippen LogP contribution in [-0.4, -0.2) is 95.1 Å². The number of benzene rings is 2. The predicted molar refractivity (Wildman–Crippen MR) is 205 cm³/mol. The van der Waals surface area contributed by atoms with Crippen LogP contribution in [0.15, 0.2) is 96.8 Å². The summed E-state index contributed by atoms with van der Waals surface area (Å²) in [6.45, 7) is 17.3. The molecule has 4 aliphatic rings. The lowest BCUT2D eigenvalue weighted by Crippen LogP contribution is -2.50. The fourth-order valence-corrected chi connectivity index (χ4v) is 8.22.